The Morgan fingerprint density at radius 1 is 1.53 bits per heavy atom. The zero-order valence-corrected chi connectivity index (χ0v) is 9.77. The molecule has 0 aliphatic rings. The molecule has 1 rings (SSSR count). The van der Waals surface area contributed by atoms with E-state index < -0.39 is 0 Å². The van der Waals surface area contributed by atoms with Crippen LogP contribution in [0.3, 0.4) is 0 Å². The third kappa shape index (κ3) is 3.25. The van der Waals surface area contributed by atoms with Crippen LogP contribution >= 0.6 is 12.2 Å². The first kappa shape index (κ1) is 12.1. The van der Waals surface area contributed by atoms with Crippen molar-refractivity contribution in [2.75, 3.05) is 13.6 Å². The molecule has 0 aliphatic carbocycles. The number of hydrogen-bond acceptors (Lipinski definition) is 2. The minimum Gasteiger partial charge on any atom is -0.389 e. The molecule has 1 aromatic carbocycles. The van der Waals surface area contributed by atoms with Gasteiger partial charge >= 0.3 is 0 Å². The molecule has 0 bridgehead atoms. The normalized spacial score (nSPS) is 10.7. The Morgan fingerprint density at radius 2 is 2.20 bits per heavy atom. The van der Waals surface area contributed by atoms with Crippen molar-refractivity contribution in [2.45, 2.75) is 13.5 Å². The minimum atomic E-state index is -0.249. The van der Waals surface area contributed by atoms with Crippen LogP contribution in [0.5, 0.6) is 0 Å². The lowest BCUT2D eigenvalue weighted by atomic mass is 10.1. The Hall–Kier alpha value is -1.00. The summed E-state index contributed by atoms with van der Waals surface area (Å²) in [6.07, 6.45) is 0. The average molecular weight is 226 g/mol. The highest BCUT2D eigenvalue weighted by atomic mass is 32.1. The highest BCUT2D eigenvalue weighted by Crippen LogP contribution is 2.12. The SMILES string of the molecule is CCN(C)Cc1ccc(C(N)=S)cc1F. The van der Waals surface area contributed by atoms with Gasteiger partial charge in [-0.2, -0.15) is 0 Å². The van der Waals surface area contributed by atoms with Crippen LogP contribution in [0.1, 0.15) is 18.1 Å². The standard InChI is InChI=1S/C11H15FN2S/c1-3-14(2)7-9-5-4-8(11(13)15)6-10(9)12/h4-6H,3,7H2,1-2H3,(H2,13,15). The highest BCUT2D eigenvalue weighted by Gasteiger charge is 2.06. The highest BCUT2D eigenvalue weighted by molar-refractivity contribution is 7.80. The number of nitrogens with zero attached hydrogens (tertiary/aromatic N) is 1. The van der Waals surface area contributed by atoms with Gasteiger partial charge in [-0.1, -0.05) is 31.3 Å². The second-order valence-corrected chi connectivity index (χ2v) is 3.94. The van der Waals surface area contributed by atoms with E-state index in [-0.39, 0.29) is 10.8 Å². The van der Waals surface area contributed by atoms with E-state index in [1.807, 2.05) is 18.9 Å². The second-order valence-electron chi connectivity index (χ2n) is 3.50. The molecular weight excluding hydrogens is 211 g/mol. The van der Waals surface area contributed by atoms with E-state index in [0.29, 0.717) is 17.7 Å². The molecule has 0 heterocycles. The Morgan fingerprint density at radius 3 is 2.67 bits per heavy atom. The molecule has 0 saturated heterocycles. The summed E-state index contributed by atoms with van der Waals surface area (Å²) in [6.45, 7) is 3.51. The lowest BCUT2D eigenvalue weighted by Crippen LogP contribution is -2.18. The van der Waals surface area contributed by atoms with Crippen molar-refractivity contribution in [3.63, 3.8) is 0 Å². The maximum atomic E-state index is 13.6. The molecular formula is C11H15FN2S. The van der Waals surface area contributed by atoms with Crippen LogP contribution in [-0.4, -0.2) is 23.5 Å². The molecule has 0 amide bonds. The number of nitrogens with two attached hydrogens (primary N) is 1. The number of hydrogen-bond donors (Lipinski definition) is 1. The van der Waals surface area contributed by atoms with Gasteiger partial charge in [0.15, 0.2) is 0 Å². The molecule has 0 saturated carbocycles. The molecule has 1 aromatic rings. The minimum absolute atomic E-state index is 0.226. The quantitative estimate of drug-likeness (QED) is 0.795. The zero-order valence-electron chi connectivity index (χ0n) is 8.96. The van der Waals surface area contributed by atoms with Crippen LogP contribution in [0, 0.1) is 5.82 Å². The van der Waals surface area contributed by atoms with E-state index in [9.17, 15) is 4.39 Å². The van der Waals surface area contributed by atoms with Crippen LogP contribution in [0.15, 0.2) is 18.2 Å². The van der Waals surface area contributed by atoms with Gasteiger partial charge in [0.1, 0.15) is 10.8 Å². The predicted octanol–water partition coefficient (Wildman–Crippen LogP) is 1.91. The first-order valence-corrected chi connectivity index (χ1v) is 5.22. The van der Waals surface area contributed by atoms with E-state index in [4.69, 9.17) is 18.0 Å². The van der Waals surface area contributed by atoms with Crippen LogP contribution in [0.4, 0.5) is 4.39 Å². The van der Waals surface area contributed by atoms with Gasteiger partial charge in [0.05, 0.1) is 0 Å². The largest absolute Gasteiger partial charge is 0.389 e. The summed E-state index contributed by atoms with van der Waals surface area (Å²) in [5, 5.41) is 0. The van der Waals surface area contributed by atoms with E-state index in [2.05, 4.69) is 0 Å². The molecule has 0 aliphatic heterocycles. The summed E-state index contributed by atoms with van der Waals surface area (Å²) in [4.78, 5) is 2.25. The average Bonchev–Trinajstić information content (AvgIpc) is 2.20. The smallest absolute Gasteiger partial charge is 0.128 e. The van der Waals surface area contributed by atoms with Gasteiger partial charge in [0.2, 0.25) is 0 Å². The van der Waals surface area contributed by atoms with E-state index in [0.717, 1.165) is 6.54 Å². The summed E-state index contributed by atoms with van der Waals surface area (Å²) in [7, 11) is 1.95. The molecule has 0 unspecified atom stereocenters. The summed E-state index contributed by atoms with van der Waals surface area (Å²) < 4.78 is 13.6. The number of thiocarbonyl (C=S) groups is 1. The number of halogens is 1. The second kappa shape index (κ2) is 5.19. The summed E-state index contributed by atoms with van der Waals surface area (Å²) >= 11 is 4.78. The van der Waals surface area contributed by atoms with Crippen molar-refractivity contribution < 1.29 is 4.39 Å². The van der Waals surface area contributed by atoms with Gasteiger partial charge in [0.25, 0.3) is 0 Å². The van der Waals surface area contributed by atoms with Crippen molar-refractivity contribution in [3.05, 3.63) is 35.1 Å². The van der Waals surface area contributed by atoms with Crippen molar-refractivity contribution in [2.24, 2.45) is 5.73 Å². The fraction of sp³-hybridized carbons (Fsp3) is 0.364. The van der Waals surface area contributed by atoms with Crippen LogP contribution in [0.2, 0.25) is 0 Å². The van der Waals surface area contributed by atoms with E-state index in [1.165, 1.54) is 6.07 Å². The molecule has 15 heavy (non-hydrogen) atoms. The van der Waals surface area contributed by atoms with Gasteiger partial charge < -0.3 is 10.6 Å². The molecule has 82 valence electrons. The van der Waals surface area contributed by atoms with E-state index in [1.54, 1.807) is 12.1 Å². The molecule has 0 spiro atoms. The summed E-state index contributed by atoms with van der Waals surface area (Å²) in [5.74, 6) is -0.249. The van der Waals surface area contributed by atoms with Crippen molar-refractivity contribution in [1.29, 1.82) is 0 Å². The van der Waals surface area contributed by atoms with Gasteiger partial charge in [0, 0.05) is 17.7 Å². The van der Waals surface area contributed by atoms with Gasteiger partial charge in [-0.15, -0.1) is 0 Å². The molecule has 0 atom stereocenters. The summed E-state index contributed by atoms with van der Waals surface area (Å²) in [5.41, 5.74) is 6.66. The van der Waals surface area contributed by atoms with Crippen LogP contribution in [0.25, 0.3) is 0 Å². The third-order valence-electron chi connectivity index (χ3n) is 2.32. The molecule has 0 radical (unpaired) electrons. The van der Waals surface area contributed by atoms with Crippen LogP contribution < -0.4 is 5.73 Å². The Balaban J connectivity index is 2.88. The van der Waals surface area contributed by atoms with Gasteiger partial charge in [-0.25, -0.2) is 4.39 Å². The summed E-state index contributed by atoms with van der Waals surface area (Å²) in [6, 6.07) is 4.88. The fourth-order valence-corrected chi connectivity index (χ4v) is 1.36. The van der Waals surface area contributed by atoms with Crippen molar-refractivity contribution in [3.8, 4) is 0 Å². The first-order valence-electron chi connectivity index (χ1n) is 4.81. The molecule has 2 nitrogen and oxygen atoms in total. The number of rotatable bonds is 4. The van der Waals surface area contributed by atoms with E-state index >= 15 is 0 Å². The molecule has 0 aromatic heterocycles. The topological polar surface area (TPSA) is 29.3 Å². The molecule has 2 N–H and O–H groups in total. The Bertz CT molecular complexity index is 366. The third-order valence-corrected chi connectivity index (χ3v) is 2.55. The first-order chi connectivity index (χ1) is 7.04. The maximum Gasteiger partial charge on any atom is 0.128 e. The number of benzene rings is 1. The predicted molar refractivity (Wildman–Crippen MR) is 64.3 cm³/mol. The van der Waals surface area contributed by atoms with Crippen molar-refractivity contribution in [1.82, 2.24) is 4.90 Å². The van der Waals surface area contributed by atoms with Gasteiger partial charge in [-0.3, -0.25) is 0 Å². The molecule has 0 fully saturated rings. The Kier molecular flexibility index (Phi) is 4.17. The maximum absolute atomic E-state index is 13.6. The molecule has 4 heteroatoms. The monoisotopic (exact) mass is 226 g/mol. The fourth-order valence-electron chi connectivity index (χ4n) is 1.23. The van der Waals surface area contributed by atoms with Crippen molar-refractivity contribution >= 4 is 17.2 Å². The Labute approximate surface area is 94.9 Å². The van der Waals surface area contributed by atoms with Gasteiger partial charge in [-0.05, 0) is 19.7 Å². The van der Waals surface area contributed by atoms with Crippen LogP contribution in [-0.2, 0) is 6.54 Å². The lowest BCUT2D eigenvalue weighted by Gasteiger charge is -2.14. The zero-order chi connectivity index (χ0) is 11.4. The lowest BCUT2D eigenvalue weighted by molar-refractivity contribution is 0.339.